The predicted octanol–water partition coefficient (Wildman–Crippen LogP) is 4.28. The average molecular weight is 274 g/mol. The van der Waals surface area contributed by atoms with Crippen LogP contribution in [0.3, 0.4) is 0 Å². The fourth-order valence-electron chi connectivity index (χ4n) is 2.91. The van der Waals surface area contributed by atoms with Crippen molar-refractivity contribution in [3.63, 3.8) is 0 Å². The number of aromatic nitrogens is 1. The summed E-state index contributed by atoms with van der Waals surface area (Å²) < 4.78 is 0. The molecule has 4 rings (SSSR count). The number of anilines is 1. The van der Waals surface area contributed by atoms with Gasteiger partial charge >= 0.3 is 0 Å². The van der Waals surface area contributed by atoms with Crippen LogP contribution >= 0.6 is 0 Å². The first-order chi connectivity index (χ1) is 10.3. The highest BCUT2D eigenvalue weighted by atomic mass is 16.3. The highest BCUT2D eigenvalue weighted by Gasteiger charge is 2.14. The van der Waals surface area contributed by atoms with Crippen LogP contribution in [0.5, 0.6) is 5.75 Å². The van der Waals surface area contributed by atoms with Gasteiger partial charge in [-0.05, 0) is 18.2 Å². The summed E-state index contributed by atoms with van der Waals surface area (Å²) in [5.74, 6) is 0.232. The molecule has 0 aliphatic rings. The second-order valence-corrected chi connectivity index (χ2v) is 5.14. The lowest BCUT2D eigenvalue weighted by molar-refractivity contribution is 0.477. The molecule has 0 fully saturated rings. The fourth-order valence-corrected chi connectivity index (χ4v) is 2.91. The molecule has 4 N–H and O–H groups in total. The number of para-hydroxylation sites is 2. The molecule has 0 radical (unpaired) electrons. The van der Waals surface area contributed by atoms with Crippen molar-refractivity contribution in [1.82, 2.24) is 4.98 Å². The van der Waals surface area contributed by atoms with Gasteiger partial charge in [0.05, 0.1) is 5.52 Å². The minimum absolute atomic E-state index is 0.232. The van der Waals surface area contributed by atoms with Gasteiger partial charge in [-0.1, -0.05) is 42.5 Å². The summed E-state index contributed by atoms with van der Waals surface area (Å²) in [6.07, 6.45) is 0. The molecule has 0 unspecified atom stereocenters. The number of fused-ring (bicyclic) bond motifs is 3. The van der Waals surface area contributed by atoms with Crippen molar-refractivity contribution in [2.75, 3.05) is 5.73 Å². The van der Waals surface area contributed by atoms with Crippen molar-refractivity contribution in [2.24, 2.45) is 0 Å². The van der Waals surface area contributed by atoms with E-state index in [1.54, 1.807) is 12.1 Å². The van der Waals surface area contributed by atoms with Gasteiger partial charge in [-0.15, -0.1) is 0 Å². The average Bonchev–Trinajstić information content (AvgIpc) is 2.87. The van der Waals surface area contributed by atoms with Gasteiger partial charge < -0.3 is 15.8 Å². The normalized spacial score (nSPS) is 11.2. The first-order valence-corrected chi connectivity index (χ1v) is 6.83. The van der Waals surface area contributed by atoms with Gasteiger partial charge in [-0.3, -0.25) is 0 Å². The Labute approximate surface area is 121 Å². The number of nitrogen functional groups attached to an aromatic ring is 1. The van der Waals surface area contributed by atoms with E-state index in [-0.39, 0.29) is 5.75 Å². The molecule has 0 bridgehead atoms. The third-order valence-corrected chi connectivity index (χ3v) is 3.89. The van der Waals surface area contributed by atoms with Gasteiger partial charge in [0, 0.05) is 33.1 Å². The van der Waals surface area contributed by atoms with Crippen LogP contribution < -0.4 is 5.73 Å². The van der Waals surface area contributed by atoms with Crippen LogP contribution in [0.4, 0.5) is 5.69 Å². The Kier molecular flexibility index (Phi) is 2.42. The maximum atomic E-state index is 10.2. The fraction of sp³-hybridized carbons (Fsp3) is 0. The number of phenolic OH excluding ortho intramolecular Hbond substituents is 1. The zero-order valence-electron chi connectivity index (χ0n) is 11.3. The number of rotatable bonds is 1. The first kappa shape index (κ1) is 11.9. The van der Waals surface area contributed by atoms with E-state index < -0.39 is 0 Å². The molecule has 21 heavy (non-hydrogen) atoms. The summed E-state index contributed by atoms with van der Waals surface area (Å²) in [7, 11) is 0. The minimum atomic E-state index is 0.232. The van der Waals surface area contributed by atoms with E-state index in [1.165, 1.54) is 0 Å². The van der Waals surface area contributed by atoms with Crippen LogP contribution in [0, 0.1) is 0 Å². The Morgan fingerprint density at radius 2 is 1.57 bits per heavy atom. The van der Waals surface area contributed by atoms with Gasteiger partial charge in [-0.2, -0.15) is 0 Å². The highest BCUT2D eigenvalue weighted by molar-refractivity contribution is 6.14. The molecule has 0 saturated heterocycles. The largest absolute Gasteiger partial charge is 0.507 e. The zero-order chi connectivity index (χ0) is 14.4. The summed E-state index contributed by atoms with van der Waals surface area (Å²) in [6, 6.07) is 19.3. The molecule has 102 valence electrons. The number of hydrogen-bond acceptors (Lipinski definition) is 2. The Morgan fingerprint density at radius 1 is 0.810 bits per heavy atom. The van der Waals surface area contributed by atoms with Gasteiger partial charge in [0.25, 0.3) is 0 Å². The number of nitrogens with one attached hydrogen (secondary N) is 1. The topological polar surface area (TPSA) is 62.0 Å². The Hall–Kier alpha value is -2.94. The zero-order valence-corrected chi connectivity index (χ0v) is 11.3. The lowest BCUT2D eigenvalue weighted by atomic mass is 9.99. The van der Waals surface area contributed by atoms with Crippen molar-refractivity contribution >= 4 is 27.5 Å². The quantitative estimate of drug-likeness (QED) is 0.454. The number of benzene rings is 3. The standard InChI is InChI=1S/C18H14N2O/c19-14-10-9-12-11-5-1-3-7-15(11)20-18(12)17(14)13-6-2-4-8-16(13)21/h1-10,20-21H,19H2. The van der Waals surface area contributed by atoms with Crippen molar-refractivity contribution in [3.05, 3.63) is 60.7 Å². The Morgan fingerprint density at radius 3 is 2.43 bits per heavy atom. The number of phenols is 1. The lowest BCUT2D eigenvalue weighted by Gasteiger charge is -2.09. The number of H-pyrrole nitrogens is 1. The molecular formula is C18H14N2O. The van der Waals surface area contributed by atoms with E-state index in [9.17, 15) is 5.11 Å². The predicted molar refractivity (Wildman–Crippen MR) is 87.3 cm³/mol. The van der Waals surface area contributed by atoms with Gasteiger partial charge in [0.2, 0.25) is 0 Å². The molecule has 0 amide bonds. The summed E-state index contributed by atoms with van der Waals surface area (Å²) in [5.41, 5.74) is 10.4. The van der Waals surface area contributed by atoms with E-state index in [0.717, 1.165) is 32.9 Å². The Bertz CT molecular complexity index is 969. The second kappa shape index (κ2) is 4.28. The molecule has 0 spiro atoms. The molecule has 1 heterocycles. The number of nitrogens with two attached hydrogens (primary N) is 1. The molecule has 0 aliphatic carbocycles. The second-order valence-electron chi connectivity index (χ2n) is 5.14. The molecular weight excluding hydrogens is 260 g/mol. The van der Waals surface area contributed by atoms with Crippen molar-refractivity contribution < 1.29 is 5.11 Å². The van der Waals surface area contributed by atoms with Crippen LogP contribution in [-0.4, -0.2) is 10.1 Å². The van der Waals surface area contributed by atoms with Crippen LogP contribution in [0.2, 0.25) is 0 Å². The molecule has 3 nitrogen and oxygen atoms in total. The molecule has 0 aliphatic heterocycles. The Balaban J connectivity index is 2.18. The van der Waals surface area contributed by atoms with E-state index in [1.807, 2.05) is 42.5 Å². The minimum Gasteiger partial charge on any atom is -0.507 e. The third-order valence-electron chi connectivity index (χ3n) is 3.89. The van der Waals surface area contributed by atoms with Crippen molar-refractivity contribution in [3.8, 4) is 16.9 Å². The van der Waals surface area contributed by atoms with E-state index in [0.29, 0.717) is 5.69 Å². The maximum absolute atomic E-state index is 10.2. The van der Waals surface area contributed by atoms with Crippen LogP contribution in [-0.2, 0) is 0 Å². The van der Waals surface area contributed by atoms with Crippen LogP contribution in [0.15, 0.2) is 60.7 Å². The van der Waals surface area contributed by atoms with E-state index >= 15 is 0 Å². The molecule has 0 saturated carbocycles. The van der Waals surface area contributed by atoms with Gasteiger partial charge in [0.15, 0.2) is 0 Å². The lowest BCUT2D eigenvalue weighted by Crippen LogP contribution is -1.91. The number of hydrogen-bond donors (Lipinski definition) is 3. The number of aromatic amines is 1. The molecule has 3 aromatic carbocycles. The highest BCUT2D eigenvalue weighted by Crippen LogP contribution is 2.40. The summed E-state index contributed by atoms with van der Waals surface area (Å²) in [4.78, 5) is 3.42. The third kappa shape index (κ3) is 1.68. The summed E-state index contributed by atoms with van der Waals surface area (Å²) in [6.45, 7) is 0. The SMILES string of the molecule is Nc1ccc2c([nH]c3ccccc32)c1-c1ccccc1O. The molecule has 1 aromatic heterocycles. The monoisotopic (exact) mass is 274 g/mol. The maximum Gasteiger partial charge on any atom is 0.123 e. The molecule has 0 atom stereocenters. The number of aromatic hydroxyl groups is 1. The first-order valence-electron chi connectivity index (χ1n) is 6.83. The van der Waals surface area contributed by atoms with E-state index in [2.05, 4.69) is 11.1 Å². The van der Waals surface area contributed by atoms with Crippen molar-refractivity contribution in [1.29, 1.82) is 0 Å². The van der Waals surface area contributed by atoms with E-state index in [4.69, 9.17) is 5.73 Å². The van der Waals surface area contributed by atoms with Crippen LogP contribution in [0.25, 0.3) is 32.9 Å². The van der Waals surface area contributed by atoms with Crippen LogP contribution in [0.1, 0.15) is 0 Å². The van der Waals surface area contributed by atoms with Crippen molar-refractivity contribution in [2.45, 2.75) is 0 Å². The summed E-state index contributed by atoms with van der Waals surface area (Å²) in [5, 5.41) is 12.4. The molecule has 4 aromatic rings. The smallest absolute Gasteiger partial charge is 0.123 e. The summed E-state index contributed by atoms with van der Waals surface area (Å²) >= 11 is 0. The molecule has 3 heteroatoms. The van der Waals surface area contributed by atoms with Gasteiger partial charge in [-0.25, -0.2) is 0 Å². The van der Waals surface area contributed by atoms with Gasteiger partial charge in [0.1, 0.15) is 5.75 Å².